The summed E-state index contributed by atoms with van der Waals surface area (Å²) in [5.41, 5.74) is 4.04. The molecule has 0 radical (unpaired) electrons. The number of hydrogen-bond acceptors (Lipinski definition) is 2. The fourth-order valence-corrected chi connectivity index (χ4v) is 4.33. The Balaban J connectivity index is 1.32. The number of aromatic nitrogens is 1. The molecule has 5 aromatic rings. The van der Waals surface area contributed by atoms with Crippen molar-refractivity contribution in [3.63, 3.8) is 0 Å². The van der Waals surface area contributed by atoms with Crippen LogP contribution in [0.4, 0.5) is 0 Å². The van der Waals surface area contributed by atoms with Crippen LogP contribution in [0.25, 0.3) is 33.8 Å². The van der Waals surface area contributed by atoms with Crippen LogP contribution in [0, 0.1) is 0 Å². The van der Waals surface area contributed by atoms with Crippen molar-refractivity contribution in [1.82, 2.24) is 4.98 Å². The maximum atomic E-state index is 11.9. The van der Waals surface area contributed by atoms with Crippen LogP contribution < -0.4 is 4.74 Å². The predicted octanol–water partition coefficient (Wildman–Crippen LogP) is 7.20. The largest absolute Gasteiger partial charge is 0.493 e. The second-order valence-corrected chi connectivity index (χ2v) is 8.26. The number of aromatic amines is 1. The van der Waals surface area contributed by atoms with Crippen LogP contribution >= 0.6 is 0 Å². The zero-order valence-electron chi connectivity index (χ0n) is 18.7. The third kappa shape index (κ3) is 4.57. The van der Waals surface area contributed by atoms with Crippen molar-refractivity contribution in [1.29, 1.82) is 0 Å². The van der Waals surface area contributed by atoms with Gasteiger partial charge in [0.15, 0.2) is 0 Å². The van der Waals surface area contributed by atoms with E-state index in [0.717, 1.165) is 44.1 Å². The lowest BCUT2D eigenvalue weighted by molar-refractivity contribution is 0.0690. The van der Waals surface area contributed by atoms with Crippen LogP contribution in [0.2, 0.25) is 0 Å². The molecule has 1 heterocycles. The molecule has 0 bridgehead atoms. The number of rotatable bonds is 8. The number of hydrogen-bond donors (Lipinski definition) is 2. The first-order valence-corrected chi connectivity index (χ1v) is 11.4. The fourth-order valence-electron chi connectivity index (χ4n) is 4.33. The lowest BCUT2D eigenvalue weighted by atomic mass is 10.0. The Morgan fingerprint density at radius 3 is 2.44 bits per heavy atom. The Labute approximate surface area is 198 Å². The Hall–Kier alpha value is -4.31. The second-order valence-electron chi connectivity index (χ2n) is 8.26. The van der Waals surface area contributed by atoms with E-state index in [9.17, 15) is 9.90 Å². The van der Waals surface area contributed by atoms with Gasteiger partial charge in [0.1, 0.15) is 11.4 Å². The van der Waals surface area contributed by atoms with Crippen molar-refractivity contribution in [3.05, 3.63) is 113 Å². The number of aryl methyl sites for hydroxylation is 1. The molecule has 0 aliphatic rings. The van der Waals surface area contributed by atoms with Gasteiger partial charge in [-0.3, -0.25) is 0 Å². The van der Waals surface area contributed by atoms with Gasteiger partial charge >= 0.3 is 5.97 Å². The van der Waals surface area contributed by atoms with Crippen LogP contribution in [0.15, 0.2) is 91.0 Å². The minimum absolute atomic E-state index is 0.254. The number of fused-ring (bicyclic) bond motifs is 2. The molecule has 0 aliphatic heterocycles. The molecule has 4 nitrogen and oxygen atoms in total. The number of benzene rings is 4. The zero-order chi connectivity index (χ0) is 23.3. The number of aromatic carboxylic acids is 1. The summed E-state index contributed by atoms with van der Waals surface area (Å²) >= 11 is 0. The van der Waals surface area contributed by atoms with E-state index in [-0.39, 0.29) is 5.69 Å². The molecule has 0 aliphatic carbocycles. The zero-order valence-corrected chi connectivity index (χ0v) is 18.7. The Morgan fingerprint density at radius 2 is 1.59 bits per heavy atom. The summed E-state index contributed by atoms with van der Waals surface area (Å²) in [7, 11) is 0. The van der Waals surface area contributed by atoms with Gasteiger partial charge in [-0.15, -0.1) is 0 Å². The van der Waals surface area contributed by atoms with Crippen molar-refractivity contribution >= 4 is 39.8 Å². The molecule has 168 valence electrons. The third-order valence-electron chi connectivity index (χ3n) is 5.99. The van der Waals surface area contributed by atoms with Crippen LogP contribution in [0.3, 0.4) is 0 Å². The molecular weight excluding hydrogens is 422 g/mol. The fraction of sp³-hybridized carbons (Fsp3) is 0.100. The summed E-state index contributed by atoms with van der Waals surface area (Å²) in [4.78, 5) is 15.0. The first kappa shape index (κ1) is 21.5. The molecule has 34 heavy (non-hydrogen) atoms. The number of H-pyrrole nitrogens is 1. The highest BCUT2D eigenvalue weighted by atomic mass is 16.5. The Bertz CT molecular complexity index is 1480. The molecule has 0 spiro atoms. The van der Waals surface area contributed by atoms with Crippen molar-refractivity contribution in [2.45, 2.75) is 12.8 Å². The standard InChI is InChI=1S/C30H25NO3/c32-30(33)29-26(13-7-19-34-28-14-6-11-23-10-4-5-12-24(23)28)25-18-17-22(20-27(25)31-29)16-15-21-8-2-1-3-9-21/h1-6,8-12,14-18,20,31H,7,13,19H2,(H,32,33). The van der Waals surface area contributed by atoms with Gasteiger partial charge in [0.05, 0.1) is 6.61 Å². The molecule has 0 unspecified atom stereocenters. The molecule has 1 aromatic heterocycles. The minimum Gasteiger partial charge on any atom is -0.493 e. The molecule has 2 N–H and O–H groups in total. The van der Waals surface area contributed by atoms with E-state index in [1.54, 1.807) is 0 Å². The van der Waals surface area contributed by atoms with E-state index in [0.29, 0.717) is 19.4 Å². The van der Waals surface area contributed by atoms with Gasteiger partial charge in [-0.1, -0.05) is 91.0 Å². The lowest BCUT2D eigenvalue weighted by Gasteiger charge is -2.09. The van der Waals surface area contributed by atoms with E-state index in [1.807, 2.05) is 84.9 Å². The lowest BCUT2D eigenvalue weighted by Crippen LogP contribution is -2.04. The van der Waals surface area contributed by atoms with Gasteiger partial charge in [-0.05, 0) is 47.1 Å². The van der Waals surface area contributed by atoms with Crippen LogP contribution in [0.5, 0.6) is 5.75 Å². The van der Waals surface area contributed by atoms with Crippen LogP contribution in [-0.4, -0.2) is 22.7 Å². The van der Waals surface area contributed by atoms with E-state index < -0.39 is 5.97 Å². The van der Waals surface area contributed by atoms with E-state index in [4.69, 9.17) is 4.74 Å². The minimum atomic E-state index is -0.942. The van der Waals surface area contributed by atoms with E-state index >= 15 is 0 Å². The molecule has 0 saturated carbocycles. The first-order chi connectivity index (χ1) is 16.7. The number of carboxylic acids is 1. The maximum absolute atomic E-state index is 11.9. The Kier molecular flexibility index (Phi) is 6.13. The quantitative estimate of drug-likeness (QED) is 0.195. The van der Waals surface area contributed by atoms with E-state index in [1.165, 1.54) is 0 Å². The third-order valence-corrected chi connectivity index (χ3v) is 5.99. The topological polar surface area (TPSA) is 62.3 Å². The monoisotopic (exact) mass is 447 g/mol. The highest BCUT2D eigenvalue weighted by Gasteiger charge is 2.17. The summed E-state index contributed by atoms with van der Waals surface area (Å²) in [5, 5.41) is 12.9. The van der Waals surface area contributed by atoms with Gasteiger partial charge in [-0.2, -0.15) is 0 Å². The highest BCUT2D eigenvalue weighted by Crippen LogP contribution is 2.28. The molecule has 0 fully saturated rings. The predicted molar refractivity (Wildman–Crippen MR) is 138 cm³/mol. The first-order valence-electron chi connectivity index (χ1n) is 11.4. The molecule has 0 saturated heterocycles. The summed E-state index contributed by atoms with van der Waals surface area (Å²) in [6.07, 6.45) is 5.42. The van der Waals surface area contributed by atoms with Crippen LogP contribution in [0.1, 0.15) is 33.6 Å². The molecular formula is C30H25NO3. The molecule has 0 amide bonds. The van der Waals surface area contributed by atoms with E-state index in [2.05, 4.69) is 23.2 Å². The molecule has 0 atom stereocenters. The van der Waals surface area contributed by atoms with Gasteiger partial charge in [0, 0.05) is 16.3 Å². The summed E-state index contributed by atoms with van der Waals surface area (Å²) in [5.74, 6) is -0.0899. The SMILES string of the molecule is O=C(O)c1[nH]c2cc(C=Cc3ccccc3)ccc2c1CCCOc1cccc2ccccc12. The maximum Gasteiger partial charge on any atom is 0.352 e. The average molecular weight is 448 g/mol. The van der Waals surface area contributed by atoms with Gasteiger partial charge in [0.25, 0.3) is 0 Å². The number of nitrogens with one attached hydrogen (secondary N) is 1. The normalized spacial score (nSPS) is 11.4. The molecule has 5 rings (SSSR count). The molecule has 4 heteroatoms. The summed E-state index contributed by atoms with van der Waals surface area (Å²) < 4.78 is 6.06. The van der Waals surface area contributed by atoms with Gasteiger partial charge in [-0.25, -0.2) is 4.79 Å². The number of ether oxygens (including phenoxy) is 1. The van der Waals surface area contributed by atoms with Gasteiger partial charge in [0.2, 0.25) is 0 Å². The highest BCUT2D eigenvalue weighted by molar-refractivity contribution is 5.98. The molecule has 4 aromatic carbocycles. The van der Waals surface area contributed by atoms with Gasteiger partial charge < -0.3 is 14.8 Å². The van der Waals surface area contributed by atoms with Crippen molar-refractivity contribution in [3.8, 4) is 5.75 Å². The second kappa shape index (κ2) is 9.67. The number of carboxylic acid groups (broad SMARTS) is 1. The Morgan fingerprint density at radius 1 is 0.824 bits per heavy atom. The summed E-state index contributed by atoms with van der Waals surface area (Å²) in [6, 6.07) is 30.3. The van der Waals surface area contributed by atoms with Crippen molar-refractivity contribution < 1.29 is 14.6 Å². The average Bonchev–Trinajstić information content (AvgIpc) is 3.24. The number of carbonyl (C=O) groups is 1. The van der Waals surface area contributed by atoms with Crippen LogP contribution in [-0.2, 0) is 6.42 Å². The smallest absolute Gasteiger partial charge is 0.352 e. The van der Waals surface area contributed by atoms with Crippen molar-refractivity contribution in [2.24, 2.45) is 0 Å². The summed E-state index contributed by atoms with van der Waals surface area (Å²) in [6.45, 7) is 0.512. The van der Waals surface area contributed by atoms with Crippen molar-refractivity contribution in [2.75, 3.05) is 6.61 Å².